The van der Waals surface area contributed by atoms with Crippen LogP contribution in [0.4, 0.5) is 13.2 Å². The second-order valence-electron chi connectivity index (χ2n) is 5.47. The number of aryl methyl sites for hydroxylation is 1. The minimum Gasteiger partial charge on any atom is -0.508 e. The largest absolute Gasteiger partial charge is 0.508 e. The average molecular weight is 476 g/mol. The number of hydrogen-bond acceptors (Lipinski definition) is 4. The van der Waals surface area contributed by atoms with Crippen LogP contribution < -0.4 is 10.2 Å². The second kappa shape index (κ2) is 6.82. The maximum Gasteiger partial charge on any atom is 0.453 e. The van der Waals surface area contributed by atoms with Crippen molar-refractivity contribution in [1.29, 1.82) is 0 Å². The summed E-state index contributed by atoms with van der Waals surface area (Å²) < 4.78 is 51.2. The van der Waals surface area contributed by atoms with Gasteiger partial charge in [-0.1, -0.05) is 6.92 Å². The zero-order chi connectivity index (χ0) is 19.1. The molecule has 136 valence electrons. The molecular formula is C18H12F3IO4. The lowest BCUT2D eigenvalue weighted by Crippen LogP contribution is -2.15. The molecule has 1 N–H and O–H groups in total. The molecule has 1 aromatic heterocycles. The summed E-state index contributed by atoms with van der Waals surface area (Å²) in [6, 6.07) is 8.52. The molecule has 0 bridgehead atoms. The zero-order valence-corrected chi connectivity index (χ0v) is 15.5. The van der Waals surface area contributed by atoms with Crippen molar-refractivity contribution in [3.05, 3.63) is 61.5 Å². The van der Waals surface area contributed by atoms with E-state index in [2.05, 4.69) is 0 Å². The Kier molecular flexibility index (Phi) is 4.87. The number of phenols is 1. The number of aromatic hydroxyl groups is 1. The smallest absolute Gasteiger partial charge is 0.453 e. The zero-order valence-electron chi connectivity index (χ0n) is 13.4. The molecule has 0 aliphatic heterocycles. The lowest BCUT2D eigenvalue weighted by Gasteiger charge is -2.14. The summed E-state index contributed by atoms with van der Waals surface area (Å²) in [4.78, 5) is 12.7. The molecular weight excluding hydrogens is 464 g/mol. The minimum absolute atomic E-state index is 0.0806. The first-order chi connectivity index (χ1) is 12.2. The van der Waals surface area contributed by atoms with E-state index in [0.29, 0.717) is 12.0 Å². The number of rotatable bonds is 3. The van der Waals surface area contributed by atoms with Crippen LogP contribution in [0.25, 0.3) is 11.0 Å². The van der Waals surface area contributed by atoms with E-state index in [-0.39, 0.29) is 22.5 Å². The van der Waals surface area contributed by atoms with Crippen LogP contribution >= 0.6 is 22.6 Å². The summed E-state index contributed by atoms with van der Waals surface area (Å²) in [6.07, 6.45) is -4.54. The van der Waals surface area contributed by atoms with Gasteiger partial charge in [0.1, 0.15) is 17.1 Å². The first-order valence-electron chi connectivity index (χ1n) is 7.54. The monoisotopic (exact) mass is 476 g/mol. The molecule has 2 aromatic carbocycles. The molecule has 0 spiro atoms. The van der Waals surface area contributed by atoms with Gasteiger partial charge in [-0.2, -0.15) is 13.2 Å². The van der Waals surface area contributed by atoms with Crippen molar-refractivity contribution in [2.75, 3.05) is 0 Å². The Morgan fingerprint density at radius 2 is 1.85 bits per heavy atom. The van der Waals surface area contributed by atoms with Gasteiger partial charge in [-0.3, -0.25) is 4.79 Å². The highest BCUT2D eigenvalue weighted by atomic mass is 127. The predicted octanol–water partition coefficient (Wildman–Crippen LogP) is 5.48. The Labute approximate surface area is 159 Å². The first kappa shape index (κ1) is 18.6. The highest BCUT2D eigenvalue weighted by Crippen LogP contribution is 2.39. The lowest BCUT2D eigenvalue weighted by molar-refractivity contribution is -0.154. The Hall–Kier alpha value is -2.23. The molecule has 0 atom stereocenters. The van der Waals surface area contributed by atoms with Crippen LogP contribution in [0.3, 0.4) is 0 Å². The van der Waals surface area contributed by atoms with Gasteiger partial charge in [-0.05, 0) is 64.9 Å². The van der Waals surface area contributed by atoms with Crippen molar-refractivity contribution in [2.24, 2.45) is 0 Å². The SMILES string of the molecule is CCc1cc2c(=O)c(Oc3ccc(I)cc3)c(C(F)(F)F)oc2cc1O. The lowest BCUT2D eigenvalue weighted by atomic mass is 10.1. The Balaban J connectivity index is 2.27. The van der Waals surface area contributed by atoms with Crippen LogP contribution in [0.1, 0.15) is 18.2 Å². The third-order valence-corrected chi connectivity index (χ3v) is 4.44. The molecule has 0 fully saturated rings. The highest BCUT2D eigenvalue weighted by molar-refractivity contribution is 14.1. The van der Waals surface area contributed by atoms with E-state index in [1.807, 2.05) is 22.6 Å². The van der Waals surface area contributed by atoms with E-state index in [9.17, 15) is 23.1 Å². The Bertz CT molecular complexity index is 1020. The van der Waals surface area contributed by atoms with E-state index in [4.69, 9.17) is 9.15 Å². The van der Waals surface area contributed by atoms with E-state index in [1.165, 1.54) is 18.2 Å². The van der Waals surface area contributed by atoms with Crippen LogP contribution in [0.2, 0.25) is 0 Å². The standard InChI is InChI=1S/C18H12F3IO4/c1-2-9-7-12-14(8-13(9)23)26-17(18(19,20)21)16(15(12)24)25-11-5-3-10(22)4-6-11/h3-8,23H,2H2,1H3. The fourth-order valence-electron chi connectivity index (χ4n) is 2.44. The molecule has 0 saturated carbocycles. The van der Waals surface area contributed by atoms with Crippen molar-refractivity contribution in [2.45, 2.75) is 19.5 Å². The van der Waals surface area contributed by atoms with Crippen LogP contribution in [-0.2, 0) is 12.6 Å². The summed E-state index contributed by atoms with van der Waals surface area (Å²) >= 11 is 2.04. The normalized spacial score (nSPS) is 11.7. The molecule has 1 heterocycles. The van der Waals surface area contributed by atoms with Gasteiger partial charge in [0, 0.05) is 9.64 Å². The van der Waals surface area contributed by atoms with Gasteiger partial charge >= 0.3 is 6.18 Å². The minimum atomic E-state index is -4.94. The van der Waals surface area contributed by atoms with Crippen molar-refractivity contribution < 1.29 is 27.4 Å². The number of ether oxygens (including phenoxy) is 1. The number of alkyl halides is 3. The van der Waals surface area contributed by atoms with Crippen LogP contribution in [0, 0.1) is 3.57 Å². The topological polar surface area (TPSA) is 59.7 Å². The third kappa shape index (κ3) is 3.50. The molecule has 3 rings (SSSR count). The molecule has 0 aliphatic carbocycles. The molecule has 8 heteroatoms. The van der Waals surface area contributed by atoms with Crippen LogP contribution in [0.5, 0.6) is 17.2 Å². The molecule has 4 nitrogen and oxygen atoms in total. The van der Waals surface area contributed by atoms with Gasteiger partial charge in [-0.25, -0.2) is 0 Å². The number of fused-ring (bicyclic) bond motifs is 1. The first-order valence-corrected chi connectivity index (χ1v) is 8.62. The number of phenolic OH excluding ortho intramolecular Hbond substituents is 1. The Morgan fingerprint density at radius 3 is 2.42 bits per heavy atom. The van der Waals surface area contributed by atoms with Gasteiger partial charge < -0.3 is 14.3 Å². The van der Waals surface area contributed by atoms with Gasteiger partial charge in [-0.15, -0.1) is 0 Å². The number of halogens is 4. The fourth-order valence-corrected chi connectivity index (χ4v) is 2.80. The molecule has 0 aliphatic rings. The summed E-state index contributed by atoms with van der Waals surface area (Å²) in [7, 11) is 0. The van der Waals surface area contributed by atoms with Crippen molar-refractivity contribution in [3.63, 3.8) is 0 Å². The van der Waals surface area contributed by atoms with Gasteiger partial charge in [0.2, 0.25) is 11.2 Å². The van der Waals surface area contributed by atoms with E-state index in [0.717, 1.165) is 9.64 Å². The van der Waals surface area contributed by atoms with Gasteiger partial charge in [0.25, 0.3) is 5.76 Å². The number of benzene rings is 2. The fraction of sp³-hybridized carbons (Fsp3) is 0.167. The second-order valence-corrected chi connectivity index (χ2v) is 6.72. The molecule has 26 heavy (non-hydrogen) atoms. The summed E-state index contributed by atoms with van der Waals surface area (Å²) in [5, 5.41) is 9.76. The van der Waals surface area contributed by atoms with Crippen LogP contribution in [-0.4, -0.2) is 5.11 Å². The van der Waals surface area contributed by atoms with Crippen LogP contribution in [0.15, 0.2) is 45.6 Å². The summed E-state index contributed by atoms with van der Waals surface area (Å²) in [6.45, 7) is 1.75. The third-order valence-electron chi connectivity index (χ3n) is 3.72. The predicted molar refractivity (Wildman–Crippen MR) is 97.8 cm³/mol. The quantitative estimate of drug-likeness (QED) is 0.509. The summed E-state index contributed by atoms with van der Waals surface area (Å²) in [5.41, 5.74) is -0.886. The van der Waals surface area contributed by atoms with E-state index >= 15 is 0 Å². The van der Waals surface area contributed by atoms with Gasteiger partial charge in [0.15, 0.2) is 0 Å². The molecule has 0 amide bonds. The maximum absolute atomic E-state index is 13.4. The Morgan fingerprint density at radius 1 is 1.19 bits per heavy atom. The highest BCUT2D eigenvalue weighted by Gasteiger charge is 2.40. The summed E-state index contributed by atoms with van der Waals surface area (Å²) in [5.74, 6) is -2.63. The van der Waals surface area contributed by atoms with E-state index < -0.39 is 23.1 Å². The maximum atomic E-state index is 13.4. The molecule has 0 unspecified atom stereocenters. The van der Waals surface area contributed by atoms with Gasteiger partial charge in [0.05, 0.1) is 5.39 Å². The van der Waals surface area contributed by atoms with E-state index in [1.54, 1.807) is 19.1 Å². The molecule has 0 saturated heterocycles. The van der Waals surface area contributed by atoms with Crippen molar-refractivity contribution in [3.8, 4) is 17.2 Å². The average Bonchev–Trinajstić information content (AvgIpc) is 2.57. The van der Waals surface area contributed by atoms with Crippen molar-refractivity contribution >= 4 is 33.6 Å². The van der Waals surface area contributed by atoms with Crippen molar-refractivity contribution in [1.82, 2.24) is 0 Å². The number of hydrogen-bond donors (Lipinski definition) is 1. The molecule has 3 aromatic rings. The molecule has 0 radical (unpaired) electrons.